The molecule has 1 aliphatic rings. The first-order valence-electron chi connectivity index (χ1n) is 7.01. The van der Waals surface area contributed by atoms with Gasteiger partial charge in [-0.25, -0.2) is 0 Å². The third kappa shape index (κ3) is 3.30. The predicted octanol–water partition coefficient (Wildman–Crippen LogP) is 2.68. The van der Waals surface area contributed by atoms with Crippen molar-refractivity contribution in [3.63, 3.8) is 0 Å². The van der Waals surface area contributed by atoms with Crippen LogP contribution in [0, 0.1) is 5.41 Å². The number of hydrogen-bond donors (Lipinski definition) is 2. The number of nitrogens with zero attached hydrogens (tertiary/aromatic N) is 1. The van der Waals surface area contributed by atoms with Gasteiger partial charge in [-0.3, -0.25) is 4.98 Å². The Kier molecular flexibility index (Phi) is 4.72. The maximum absolute atomic E-state index is 9.67. The lowest BCUT2D eigenvalue weighted by atomic mass is 9.74. The van der Waals surface area contributed by atoms with Gasteiger partial charge < -0.3 is 10.4 Å². The molecular weight excluding hydrogens is 224 g/mol. The van der Waals surface area contributed by atoms with Gasteiger partial charge in [-0.15, -0.1) is 0 Å². The van der Waals surface area contributed by atoms with Crippen LogP contribution in [-0.2, 0) is 0 Å². The number of aliphatic hydroxyl groups excluding tert-OH is 1. The van der Waals surface area contributed by atoms with E-state index < -0.39 is 0 Å². The highest BCUT2D eigenvalue weighted by atomic mass is 16.3. The lowest BCUT2D eigenvalue weighted by Gasteiger charge is -2.36. The van der Waals surface area contributed by atoms with Crippen molar-refractivity contribution < 1.29 is 5.11 Å². The van der Waals surface area contributed by atoms with Crippen LogP contribution >= 0.6 is 0 Å². The Bertz CT molecular complexity index is 347. The minimum absolute atomic E-state index is 0.0985. The molecule has 2 rings (SSSR count). The molecule has 1 saturated carbocycles. The molecule has 3 heteroatoms. The summed E-state index contributed by atoms with van der Waals surface area (Å²) in [6, 6.07) is 6.25. The number of aliphatic hydroxyl groups is 1. The third-order valence-corrected chi connectivity index (χ3v) is 4.16. The second kappa shape index (κ2) is 6.30. The normalized spacial score (nSPS) is 20.6. The number of rotatable bonds is 5. The van der Waals surface area contributed by atoms with E-state index in [2.05, 4.69) is 17.2 Å². The first-order chi connectivity index (χ1) is 8.76. The lowest BCUT2D eigenvalue weighted by molar-refractivity contribution is 0.0787. The molecule has 1 heterocycles. The van der Waals surface area contributed by atoms with Crippen LogP contribution in [0.25, 0.3) is 0 Å². The number of aromatic nitrogens is 1. The van der Waals surface area contributed by atoms with E-state index in [-0.39, 0.29) is 11.5 Å². The zero-order valence-corrected chi connectivity index (χ0v) is 11.2. The zero-order chi connectivity index (χ0) is 12.8. The van der Waals surface area contributed by atoms with Gasteiger partial charge in [0.05, 0.1) is 5.69 Å². The van der Waals surface area contributed by atoms with E-state index in [1.807, 2.05) is 24.4 Å². The van der Waals surface area contributed by atoms with Crippen LogP contribution in [0.2, 0.25) is 0 Å². The molecule has 1 fully saturated rings. The van der Waals surface area contributed by atoms with Crippen molar-refractivity contribution in [1.29, 1.82) is 0 Å². The maximum Gasteiger partial charge on any atom is 0.0570 e. The molecule has 1 aromatic heterocycles. The van der Waals surface area contributed by atoms with Crippen LogP contribution in [0.4, 0.5) is 0 Å². The standard InChI is InChI=1S/C15H24N2O/c1-13(14-7-3-6-10-16-14)17-11-15(12-18)8-4-2-5-9-15/h3,6-7,10,13,17-18H,2,4-5,8-9,11-12H2,1H3/t13-/m1/s1. The van der Waals surface area contributed by atoms with Crippen LogP contribution in [0.15, 0.2) is 24.4 Å². The van der Waals surface area contributed by atoms with Gasteiger partial charge in [0.25, 0.3) is 0 Å². The minimum Gasteiger partial charge on any atom is -0.396 e. The van der Waals surface area contributed by atoms with Gasteiger partial charge in [0.15, 0.2) is 0 Å². The van der Waals surface area contributed by atoms with E-state index in [0.717, 1.165) is 25.1 Å². The van der Waals surface area contributed by atoms with Crippen LogP contribution < -0.4 is 5.32 Å². The smallest absolute Gasteiger partial charge is 0.0570 e. The number of hydrogen-bond acceptors (Lipinski definition) is 3. The summed E-state index contributed by atoms with van der Waals surface area (Å²) >= 11 is 0. The Balaban J connectivity index is 1.90. The van der Waals surface area contributed by atoms with Crippen molar-refractivity contribution in [2.24, 2.45) is 5.41 Å². The molecule has 1 atom stereocenters. The van der Waals surface area contributed by atoms with Crippen LogP contribution in [0.3, 0.4) is 0 Å². The van der Waals surface area contributed by atoms with Gasteiger partial charge in [0.1, 0.15) is 0 Å². The van der Waals surface area contributed by atoms with Crippen LogP contribution in [-0.4, -0.2) is 23.2 Å². The zero-order valence-electron chi connectivity index (χ0n) is 11.2. The van der Waals surface area contributed by atoms with Gasteiger partial charge >= 0.3 is 0 Å². The molecule has 0 aliphatic heterocycles. The molecule has 0 spiro atoms. The molecular formula is C15H24N2O. The van der Waals surface area contributed by atoms with E-state index in [0.29, 0.717) is 6.61 Å². The van der Waals surface area contributed by atoms with Gasteiger partial charge in [-0.1, -0.05) is 25.3 Å². The summed E-state index contributed by atoms with van der Waals surface area (Å²) in [5.74, 6) is 0. The van der Waals surface area contributed by atoms with E-state index in [4.69, 9.17) is 0 Å². The van der Waals surface area contributed by atoms with Crippen LogP contribution in [0.1, 0.15) is 50.8 Å². The summed E-state index contributed by atoms with van der Waals surface area (Å²) < 4.78 is 0. The molecule has 0 radical (unpaired) electrons. The van der Waals surface area contributed by atoms with E-state index >= 15 is 0 Å². The van der Waals surface area contributed by atoms with Crippen molar-refractivity contribution in [2.45, 2.75) is 45.1 Å². The van der Waals surface area contributed by atoms with E-state index in [1.54, 1.807) is 0 Å². The van der Waals surface area contributed by atoms with Crippen LogP contribution in [0.5, 0.6) is 0 Å². The average molecular weight is 248 g/mol. The van der Waals surface area contributed by atoms with Crippen molar-refractivity contribution in [1.82, 2.24) is 10.3 Å². The maximum atomic E-state index is 9.67. The van der Waals surface area contributed by atoms with Crippen molar-refractivity contribution in [3.8, 4) is 0 Å². The van der Waals surface area contributed by atoms with Gasteiger partial charge in [0.2, 0.25) is 0 Å². The Morgan fingerprint density at radius 3 is 2.72 bits per heavy atom. The largest absolute Gasteiger partial charge is 0.396 e. The average Bonchev–Trinajstić information content (AvgIpc) is 2.47. The molecule has 2 N–H and O–H groups in total. The molecule has 0 bridgehead atoms. The molecule has 0 amide bonds. The monoisotopic (exact) mass is 248 g/mol. The number of nitrogens with one attached hydrogen (secondary N) is 1. The summed E-state index contributed by atoms with van der Waals surface area (Å²) in [7, 11) is 0. The lowest BCUT2D eigenvalue weighted by Crippen LogP contribution is -2.40. The summed E-state index contributed by atoms with van der Waals surface area (Å²) in [4.78, 5) is 4.37. The summed E-state index contributed by atoms with van der Waals surface area (Å²) in [5, 5.41) is 13.2. The highest BCUT2D eigenvalue weighted by Gasteiger charge is 2.31. The Morgan fingerprint density at radius 1 is 1.33 bits per heavy atom. The van der Waals surface area contributed by atoms with Crippen molar-refractivity contribution >= 4 is 0 Å². The molecule has 0 unspecified atom stereocenters. The first-order valence-corrected chi connectivity index (χ1v) is 7.01. The quantitative estimate of drug-likeness (QED) is 0.842. The molecule has 0 saturated heterocycles. The Hall–Kier alpha value is -0.930. The minimum atomic E-state index is 0.0985. The number of pyridine rings is 1. The molecule has 18 heavy (non-hydrogen) atoms. The SMILES string of the molecule is C[C@@H](NCC1(CO)CCCCC1)c1ccccn1. The fraction of sp³-hybridized carbons (Fsp3) is 0.667. The van der Waals surface area contributed by atoms with E-state index in [1.165, 1.54) is 19.3 Å². The van der Waals surface area contributed by atoms with E-state index in [9.17, 15) is 5.11 Å². The third-order valence-electron chi connectivity index (χ3n) is 4.16. The Labute approximate surface area is 110 Å². The highest BCUT2D eigenvalue weighted by molar-refractivity contribution is 5.07. The second-order valence-electron chi connectivity index (χ2n) is 5.58. The second-order valence-corrected chi connectivity index (χ2v) is 5.58. The molecule has 3 nitrogen and oxygen atoms in total. The van der Waals surface area contributed by atoms with Crippen molar-refractivity contribution in [3.05, 3.63) is 30.1 Å². The molecule has 0 aromatic carbocycles. The first kappa shape index (κ1) is 13.5. The Morgan fingerprint density at radius 2 is 2.11 bits per heavy atom. The predicted molar refractivity (Wildman–Crippen MR) is 73.3 cm³/mol. The molecule has 1 aromatic rings. The molecule has 100 valence electrons. The van der Waals surface area contributed by atoms with Gasteiger partial charge in [-0.05, 0) is 31.9 Å². The van der Waals surface area contributed by atoms with Gasteiger partial charge in [-0.2, -0.15) is 0 Å². The van der Waals surface area contributed by atoms with Crippen molar-refractivity contribution in [2.75, 3.05) is 13.2 Å². The highest BCUT2D eigenvalue weighted by Crippen LogP contribution is 2.35. The van der Waals surface area contributed by atoms with Gasteiger partial charge in [0, 0.05) is 30.8 Å². The summed E-state index contributed by atoms with van der Waals surface area (Å²) in [6.45, 7) is 3.33. The fourth-order valence-electron chi connectivity index (χ4n) is 2.80. The fourth-order valence-corrected chi connectivity index (χ4v) is 2.80. The summed E-state index contributed by atoms with van der Waals surface area (Å²) in [6.07, 6.45) is 7.94. The summed E-state index contributed by atoms with van der Waals surface area (Å²) in [5.41, 5.74) is 1.17. The topological polar surface area (TPSA) is 45.1 Å². The molecule has 1 aliphatic carbocycles.